The van der Waals surface area contributed by atoms with Gasteiger partial charge in [0.05, 0.1) is 19.8 Å². The molecule has 4 heteroatoms. The van der Waals surface area contributed by atoms with Crippen molar-refractivity contribution in [2.24, 2.45) is 0 Å². The fraction of sp³-hybridized carbons (Fsp3) is 0.389. The molecule has 4 nitrogen and oxygen atoms in total. The highest BCUT2D eigenvalue weighted by Gasteiger charge is 2.09. The van der Waals surface area contributed by atoms with E-state index in [1.807, 2.05) is 37.3 Å². The molecule has 0 amide bonds. The van der Waals surface area contributed by atoms with Gasteiger partial charge in [0, 0.05) is 18.6 Å². The van der Waals surface area contributed by atoms with Crippen molar-refractivity contribution in [1.82, 2.24) is 0 Å². The van der Waals surface area contributed by atoms with Gasteiger partial charge in [-0.2, -0.15) is 0 Å². The highest BCUT2D eigenvalue weighted by atomic mass is 16.5. The molecular weight excluding hydrogens is 280 g/mol. The molecule has 0 fully saturated rings. The van der Waals surface area contributed by atoms with Gasteiger partial charge >= 0.3 is 0 Å². The quantitative estimate of drug-likeness (QED) is 0.410. The van der Waals surface area contributed by atoms with Crippen molar-refractivity contribution in [1.29, 1.82) is 0 Å². The van der Waals surface area contributed by atoms with Gasteiger partial charge in [-0.3, -0.25) is 4.79 Å². The van der Waals surface area contributed by atoms with Crippen molar-refractivity contribution >= 4 is 5.78 Å². The molecule has 0 saturated heterocycles. The van der Waals surface area contributed by atoms with Crippen LogP contribution in [-0.2, 0) is 16.1 Å². The number of aliphatic hydroxyl groups is 1. The molecule has 0 aliphatic heterocycles. The van der Waals surface area contributed by atoms with Gasteiger partial charge in [-0.25, -0.2) is 0 Å². The summed E-state index contributed by atoms with van der Waals surface area (Å²) in [6.07, 6.45) is 6.63. The molecule has 0 aliphatic carbocycles. The Balaban J connectivity index is 2.25. The predicted octanol–water partition coefficient (Wildman–Crippen LogP) is 3.05. The summed E-state index contributed by atoms with van der Waals surface area (Å²) < 4.78 is 10.8. The molecule has 1 aromatic rings. The number of benzene rings is 1. The van der Waals surface area contributed by atoms with Gasteiger partial charge in [0.25, 0.3) is 0 Å². The molecule has 1 N–H and O–H groups in total. The van der Waals surface area contributed by atoms with Crippen LogP contribution in [0.25, 0.3) is 0 Å². The van der Waals surface area contributed by atoms with E-state index in [2.05, 4.69) is 0 Å². The Labute approximate surface area is 132 Å². The standard InChI is InChI=1S/C18H24O4/c1-3-4-5-9-16(19)13-17(20)11-12-22-14-15-8-6-7-10-18(15)21-2/h3-10,17,20H,11-14H2,1-2H3/b4-3+,9-5+/t17-/m0/s1. The summed E-state index contributed by atoms with van der Waals surface area (Å²) >= 11 is 0. The van der Waals surface area contributed by atoms with E-state index < -0.39 is 6.10 Å². The molecular formula is C18H24O4. The van der Waals surface area contributed by atoms with E-state index in [4.69, 9.17) is 9.47 Å². The fourth-order valence-corrected chi connectivity index (χ4v) is 1.90. The van der Waals surface area contributed by atoms with Crippen molar-refractivity contribution in [3.63, 3.8) is 0 Å². The van der Waals surface area contributed by atoms with Crippen LogP contribution in [0.2, 0.25) is 0 Å². The van der Waals surface area contributed by atoms with Crippen LogP contribution in [0.4, 0.5) is 0 Å². The molecule has 0 saturated carbocycles. The Morgan fingerprint density at radius 2 is 2.09 bits per heavy atom. The normalized spacial score (nSPS) is 12.9. The van der Waals surface area contributed by atoms with E-state index in [-0.39, 0.29) is 12.2 Å². The maximum Gasteiger partial charge on any atom is 0.158 e. The number of aliphatic hydroxyl groups excluding tert-OH is 1. The van der Waals surface area contributed by atoms with Gasteiger partial charge in [0.1, 0.15) is 5.75 Å². The van der Waals surface area contributed by atoms with E-state index in [9.17, 15) is 9.90 Å². The van der Waals surface area contributed by atoms with Crippen molar-refractivity contribution in [3.8, 4) is 5.75 Å². The van der Waals surface area contributed by atoms with Crippen LogP contribution in [0.3, 0.4) is 0 Å². The number of para-hydroxylation sites is 1. The van der Waals surface area contributed by atoms with Gasteiger partial charge in [0.15, 0.2) is 5.78 Å². The number of hydrogen-bond acceptors (Lipinski definition) is 4. The number of ketones is 1. The molecule has 0 heterocycles. The molecule has 1 rings (SSSR count). The third-order valence-electron chi connectivity index (χ3n) is 3.07. The lowest BCUT2D eigenvalue weighted by Crippen LogP contribution is -2.14. The third kappa shape index (κ3) is 7.20. The Kier molecular flexibility index (Phi) is 8.88. The number of hydrogen-bond donors (Lipinski definition) is 1. The maximum atomic E-state index is 11.5. The first-order valence-electron chi connectivity index (χ1n) is 7.37. The van der Waals surface area contributed by atoms with Crippen molar-refractivity contribution in [2.75, 3.05) is 13.7 Å². The molecule has 0 radical (unpaired) electrons. The number of methoxy groups -OCH3 is 1. The second-order valence-electron chi connectivity index (χ2n) is 4.86. The first kappa shape index (κ1) is 18.1. The van der Waals surface area contributed by atoms with E-state index in [1.54, 1.807) is 19.3 Å². The number of ether oxygens (including phenoxy) is 2. The zero-order valence-electron chi connectivity index (χ0n) is 13.2. The summed E-state index contributed by atoms with van der Waals surface area (Å²) in [5, 5.41) is 9.80. The van der Waals surface area contributed by atoms with Gasteiger partial charge in [-0.05, 0) is 25.5 Å². The van der Waals surface area contributed by atoms with Gasteiger partial charge in [0.2, 0.25) is 0 Å². The van der Waals surface area contributed by atoms with E-state index in [1.165, 1.54) is 6.08 Å². The minimum atomic E-state index is -0.680. The molecule has 0 bridgehead atoms. The molecule has 120 valence electrons. The Hall–Kier alpha value is -1.91. The van der Waals surface area contributed by atoms with E-state index in [0.29, 0.717) is 19.6 Å². The van der Waals surface area contributed by atoms with Gasteiger partial charge in [-0.15, -0.1) is 0 Å². The zero-order valence-corrected chi connectivity index (χ0v) is 13.2. The highest BCUT2D eigenvalue weighted by molar-refractivity contribution is 5.90. The summed E-state index contributed by atoms with van der Waals surface area (Å²) in [5.74, 6) is 0.697. The molecule has 22 heavy (non-hydrogen) atoms. The lowest BCUT2D eigenvalue weighted by Gasteiger charge is -2.11. The largest absolute Gasteiger partial charge is 0.496 e. The SMILES string of the molecule is C/C=C/C=C/C(=O)C[C@@H](O)CCOCc1ccccc1OC. The van der Waals surface area contributed by atoms with E-state index in [0.717, 1.165) is 11.3 Å². The average molecular weight is 304 g/mol. The minimum Gasteiger partial charge on any atom is -0.496 e. The maximum absolute atomic E-state index is 11.5. The molecule has 0 aromatic heterocycles. The van der Waals surface area contributed by atoms with Crippen molar-refractivity contribution in [3.05, 3.63) is 54.1 Å². The second kappa shape index (κ2) is 10.8. The first-order valence-corrected chi connectivity index (χ1v) is 7.37. The summed E-state index contributed by atoms with van der Waals surface area (Å²) in [5.41, 5.74) is 0.963. The Morgan fingerprint density at radius 3 is 2.82 bits per heavy atom. The fourth-order valence-electron chi connectivity index (χ4n) is 1.90. The van der Waals surface area contributed by atoms with Crippen LogP contribution in [0.5, 0.6) is 5.75 Å². The lowest BCUT2D eigenvalue weighted by atomic mass is 10.1. The van der Waals surface area contributed by atoms with Crippen molar-refractivity contribution < 1.29 is 19.4 Å². The number of allylic oxidation sites excluding steroid dienone is 4. The topological polar surface area (TPSA) is 55.8 Å². The monoisotopic (exact) mass is 304 g/mol. The Morgan fingerprint density at radius 1 is 1.32 bits per heavy atom. The number of rotatable bonds is 10. The lowest BCUT2D eigenvalue weighted by molar-refractivity contribution is -0.116. The predicted molar refractivity (Wildman–Crippen MR) is 86.9 cm³/mol. The van der Waals surface area contributed by atoms with Crippen molar-refractivity contribution in [2.45, 2.75) is 32.5 Å². The van der Waals surface area contributed by atoms with Gasteiger partial charge in [-0.1, -0.05) is 36.4 Å². The summed E-state index contributed by atoms with van der Waals surface area (Å²) in [6, 6.07) is 7.64. The summed E-state index contributed by atoms with van der Waals surface area (Å²) in [6.45, 7) is 2.69. The average Bonchev–Trinajstić information content (AvgIpc) is 2.52. The molecule has 1 aromatic carbocycles. The zero-order chi connectivity index (χ0) is 16.2. The minimum absolute atomic E-state index is 0.0877. The third-order valence-corrected chi connectivity index (χ3v) is 3.07. The van der Waals surface area contributed by atoms with Crippen LogP contribution in [0.15, 0.2) is 48.6 Å². The Bertz CT molecular complexity index is 506. The number of carbonyl (C=O) groups excluding carboxylic acids is 1. The molecule has 0 aliphatic rings. The first-order chi connectivity index (χ1) is 10.7. The van der Waals surface area contributed by atoms with Gasteiger partial charge < -0.3 is 14.6 Å². The van der Waals surface area contributed by atoms with Crippen LogP contribution < -0.4 is 4.74 Å². The van der Waals surface area contributed by atoms with Crippen LogP contribution in [-0.4, -0.2) is 30.7 Å². The van der Waals surface area contributed by atoms with Crippen LogP contribution in [0.1, 0.15) is 25.3 Å². The second-order valence-corrected chi connectivity index (χ2v) is 4.86. The molecule has 0 spiro atoms. The molecule has 1 atom stereocenters. The van der Waals surface area contributed by atoms with Crippen LogP contribution in [0, 0.1) is 0 Å². The highest BCUT2D eigenvalue weighted by Crippen LogP contribution is 2.18. The number of carbonyl (C=O) groups is 1. The summed E-state index contributed by atoms with van der Waals surface area (Å²) in [7, 11) is 1.62. The van der Waals surface area contributed by atoms with E-state index >= 15 is 0 Å². The smallest absolute Gasteiger partial charge is 0.158 e. The van der Waals surface area contributed by atoms with Crippen LogP contribution >= 0.6 is 0 Å². The summed E-state index contributed by atoms with van der Waals surface area (Å²) in [4.78, 5) is 11.5. The molecule has 0 unspecified atom stereocenters.